The number of amides is 1. The Hall–Kier alpha value is -1.69. The largest absolute Gasteiger partial charge is 0.369 e. The second-order valence-electron chi connectivity index (χ2n) is 5.26. The van der Waals surface area contributed by atoms with Gasteiger partial charge in [0.05, 0.1) is 12.2 Å². The molecule has 1 aromatic rings. The Labute approximate surface area is 112 Å². The monoisotopic (exact) mass is 261 g/mol. The molecule has 2 aliphatic rings. The third kappa shape index (κ3) is 2.68. The zero-order valence-electron chi connectivity index (χ0n) is 11.0. The molecule has 1 aliphatic heterocycles. The highest BCUT2D eigenvalue weighted by molar-refractivity contribution is 5.75. The van der Waals surface area contributed by atoms with Gasteiger partial charge in [-0.05, 0) is 30.9 Å². The number of anilines is 1. The average Bonchev–Trinajstić information content (AvgIpc) is 2.86. The average molecular weight is 261 g/mol. The van der Waals surface area contributed by atoms with Crippen LogP contribution in [0.5, 0.6) is 0 Å². The van der Waals surface area contributed by atoms with Crippen molar-refractivity contribution < 1.29 is 4.79 Å². The molecular formula is C13H19N5O. The Balaban J connectivity index is 1.63. The number of nitrogens with zero attached hydrogens (tertiary/aromatic N) is 4. The van der Waals surface area contributed by atoms with Crippen molar-refractivity contribution in [3.05, 3.63) is 17.3 Å². The summed E-state index contributed by atoms with van der Waals surface area (Å²) in [5.74, 6) is 0.713. The molecule has 2 N–H and O–H groups in total. The Morgan fingerprint density at radius 3 is 2.74 bits per heavy atom. The maximum absolute atomic E-state index is 10.9. The topological polar surface area (TPSA) is 75.4 Å². The molecule has 0 radical (unpaired) electrons. The van der Waals surface area contributed by atoms with Crippen molar-refractivity contribution in [1.82, 2.24) is 15.1 Å². The van der Waals surface area contributed by atoms with Crippen LogP contribution >= 0.6 is 0 Å². The minimum Gasteiger partial charge on any atom is -0.369 e. The van der Waals surface area contributed by atoms with Crippen LogP contribution in [0.3, 0.4) is 0 Å². The lowest BCUT2D eigenvalue weighted by atomic mass is 10.2. The van der Waals surface area contributed by atoms with Crippen molar-refractivity contribution in [2.75, 3.05) is 37.6 Å². The molecule has 0 saturated carbocycles. The number of fused-ring (bicyclic) bond motifs is 1. The summed E-state index contributed by atoms with van der Waals surface area (Å²) >= 11 is 0. The summed E-state index contributed by atoms with van der Waals surface area (Å²) < 4.78 is 0. The van der Waals surface area contributed by atoms with Gasteiger partial charge in [-0.2, -0.15) is 5.10 Å². The molecule has 0 bridgehead atoms. The van der Waals surface area contributed by atoms with Gasteiger partial charge in [0.2, 0.25) is 5.91 Å². The molecule has 1 aromatic heterocycles. The summed E-state index contributed by atoms with van der Waals surface area (Å²) in [6.07, 6.45) is 3.38. The number of aryl methyl sites for hydroxylation is 2. The zero-order chi connectivity index (χ0) is 13.2. The minimum atomic E-state index is -0.259. The first kappa shape index (κ1) is 12.3. The molecule has 0 unspecified atom stereocenters. The first-order valence-electron chi connectivity index (χ1n) is 6.83. The summed E-state index contributed by atoms with van der Waals surface area (Å²) in [5.41, 5.74) is 7.73. The van der Waals surface area contributed by atoms with Gasteiger partial charge in [0.15, 0.2) is 5.82 Å². The summed E-state index contributed by atoms with van der Waals surface area (Å²) in [6, 6.07) is 2.18. The molecule has 19 heavy (non-hydrogen) atoms. The summed E-state index contributed by atoms with van der Waals surface area (Å²) in [5, 5.41) is 8.65. The highest BCUT2D eigenvalue weighted by Gasteiger charge is 2.21. The highest BCUT2D eigenvalue weighted by atomic mass is 16.1. The van der Waals surface area contributed by atoms with Crippen LogP contribution in [0.1, 0.15) is 17.7 Å². The molecule has 6 nitrogen and oxygen atoms in total. The number of hydrogen-bond acceptors (Lipinski definition) is 5. The number of primary amides is 1. The van der Waals surface area contributed by atoms with Gasteiger partial charge in [-0.1, -0.05) is 0 Å². The number of carbonyl (C=O) groups is 1. The van der Waals surface area contributed by atoms with Gasteiger partial charge in [-0.3, -0.25) is 9.69 Å². The SMILES string of the molecule is NC(=O)CN1CCN(c2cc3c(nn2)CCC3)CC1. The van der Waals surface area contributed by atoms with E-state index in [-0.39, 0.29) is 5.91 Å². The van der Waals surface area contributed by atoms with Crippen molar-refractivity contribution in [2.24, 2.45) is 5.73 Å². The predicted molar refractivity (Wildman–Crippen MR) is 71.9 cm³/mol. The van der Waals surface area contributed by atoms with Crippen LogP contribution in [0.2, 0.25) is 0 Å². The van der Waals surface area contributed by atoms with Gasteiger partial charge in [0.25, 0.3) is 0 Å². The lowest BCUT2D eigenvalue weighted by Gasteiger charge is -2.34. The first-order valence-corrected chi connectivity index (χ1v) is 6.83. The van der Waals surface area contributed by atoms with E-state index in [1.165, 1.54) is 12.0 Å². The van der Waals surface area contributed by atoms with Gasteiger partial charge in [0, 0.05) is 26.2 Å². The predicted octanol–water partition coefficient (Wildman–Crippen LogP) is -0.427. The van der Waals surface area contributed by atoms with E-state index in [1.54, 1.807) is 0 Å². The zero-order valence-corrected chi connectivity index (χ0v) is 11.0. The summed E-state index contributed by atoms with van der Waals surface area (Å²) in [4.78, 5) is 15.2. The fraction of sp³-hybridized carbons (Fsp3) is 0.615. The lowest BCUT2D eigenvalue weighted by Crippen LogP contribution is -2.49. The smallest absolute Gasteiger partial charge is 0.231 e. The van der Waals surface area contributed by atoms with Gasteiger partial charge < -0.3 is 10.6 Å². The number of rotatable bonds is 3. The highest BCUT2D eigenvalue weighted by Crippen LogP contribution is 2.23. The number of carbonyl (C=O) groups excluding carboxylic acids is 1. The van der Waals surface area contributed by atoms with Crippen LogP contribution in [0.15, 0.2) is 6.07 Å². The molecule has 0 spiro atoms. The fourth-order valence-electron chi connectivity index (χ4n) is 2.83. The number of aromatic nitrogens is 2. The molecule has 102 valence electrons. The van der Waals surface area contributed by atoms with Crippen molar-refractivity contribution in [3.8, 4) is 0 Å². The first-order chi connectivity index (χ1) is 9.22. The third-order valence-electron chi connectivity index (χ3n) is 3.88. The molecule has 6 heteroatoms. The van der Waals surface area contributed by atoms with Crippen LogP contribution in [0.4, 0.5) is 5.82 Å². The molecular weight excluding hydrogens is 242 g/mol. The molecule has 3 rings (SSSR count). The van der Waals surface area contributed by atoms with Crippen molar-refractivity contribution >= 4 is 11.7 Å². The van der Waals surface area contributed by atoms with Crippen molar-refractivity contribution in [1.29, 1.82) is 0 Å². The third-order valence-corrected chi connectivity index (χ3v) is 3.88. The summed E-state index contributed by atoms with van der Waals surface area (Å²) in [6.45, 7) is 3.80. The van der Waals surface area contributed by atoms with Crippen LogP contribution < -0.4 is 10.6 Å². The standard InChI is InChI=1S/C13H19N5O/c14-12(19)9-17-4-6-18(7-5-17)13-8-10-2-1-3-11(10)15-16-13/h8H,1-7,9H2,(H2,14,19). The molecule has 2 heterocycles. The molecule has 1 fully saturated rings. The Morgan fingerprint density at radius 1 is 1.21 bits per heavy atom. The van der Waals surface area contributed by atoms with Gasteiger partial charge in [-0.15, -0.1) is 5.10 Å². The van der Waals surface area contributed by atoms with Crippen molar-refractivity contribution in [2.45, 2.75) is 19.3 Å². The second-order valence-corrected chi connectivity index (χ2v) is 5.26. The normalized spacial score (nSPS) is 19.5. The van der Waals surface area contributed by atoms with Crippen LogP contribution in [0, 0.1) is 0 Å². The van der Waals surface area contributed by atoms with Crippen LogP contribution in [-0.4, -0.2) is 53.7 Å². The van der Waals surface area contributed by atoms with E-state index in [1.807, 2.05) is 0 Å². The van der Waals surface area contributed by atoms with Crippen LogP contribution in [0.25, 0.3) is 0 Å². The van der Waals surface area contributed by atoms with Crippen LogP contribution in [-0.2, 0) is 17.6 Å². The van der Waals surface area contributed by atoms with E-state index in [9.17, 15) is 4.79 Å². The van der Waals surface area contributed by atoms with Crippen molar-refractivity contribution in [3.63, 3.8) is 0 Å². The number of piperazine rings is 1. The maximum atomic E-state index is 10.9. The van der Waals surface area contributed by atoms with E-state index in [0.29, 0.717) is 6.54 Å². The van der Waals surface area contributed by atoms with Gasteiger partial charge in [-0.25, -0.2) is 0 Å². The summed E-state index contributed by atoms with van der Waals surface area (Å²) in [7, 11) is 0. The molecule has 1 saturated heterocycles. The molecule has 1 amide bonds. The van der Waals surface area contributed by atoms with Gasteiger partial charge >= 0.3 is 0 Å². The number of nitrogens with two attached hydrogens (primary N) is 1. The molecule has 0 atom stereocenters. The van der Waals surface area contributed by atoms with E-state index < -0.39 is 0 Å². The second kappa shape index (κ2) is 5.13. The lowest BCUT2D eigenvalue weighted by molar-refractivity contribution is -0.119. The Bertz CT molecular complexity index is 482. The quantitative estimate of drug-likeness (QED) is 0.799. The van der Waals surface area contributed by atoms with Gasteiger partial charge in [0.1, 0.15) is 0 Å². The Kier molecular flexibility index (Phi) is 3.33. The number of hydrogen-bond donors (Lipinski definition) is 1. The van der Waals surface area contributed by atoms with E-state index in [0.717, 1.165) is 50.5 Å². The van der Waals surface area contributed by atoms with E-state index in [4.69, 9.17) is 5.73 Å². The molecule has 1 aliphatic carbocycles. The maximum Gasteiger partial charge on any atom is 0.231 e. The van der Waals surface area contributed by atoms with E-state index in [2.05, 4.69) is 26.1 Å². The molecule has 0 aromatic carbocycles. The minimum absolute atomic E-state index is 0.259. The Morgan fingerprint density at radius 2 is 2.00 bits per heavy atom. The van der Waals surface area contributed by atoms with E-state index >= 15 is 0 Å². The fourth-order valence-corrected chi connectivity index (χ4v) is 2.83.